The van der Waals surface area contributed by atoms with E-state index in [9.17, 15) is 19.2 Å². The Morgan fingerprint density at radius 2 is 2.04 bits per heavy atom. The van der Waals surface area contributed by atoms with Gasteiger partial charge in [-0.2, -0.15) is 0 Å². The molecule has 7 nitrogen and oxygen atoms in total. The summed E-state index contributed by atoms with van der Waals surface area (Å²) in [4.78, 5) is 48.6. The molecule has 0 aromatic heterocycles. The van der Waals surface area contributed by atoms with Crippen LogP contribution in [0.1, 0.15) is 35.2 Å². The van der Waals surface area contributed by atoms with E-state index >= 15 is 0 Å². The number of rotatable bonds is 3. The summed E-state index contributed by atoms with van der Waals surface area (Å²) in [5, 5.41) is 2.38. The second kappa shape index (κ2) is 6.78. The number of nitrogens with one attached hydrogen (secondary N) is 1. The zero-order valence-electron chi connectivity index (χ0n) is 12.6. The molecule has 8 heteroatoms. The van der Waals surface area contributed by atoms with Crippen molar-refractivity contribution in [3.05, 3.63) is 34.3 Å². The van der Waals surface area contributed by atoms with E-state index in [1.165, 1.54) is 25.2 Å². The molecule has 1 atom stereocenters. The summed E-state index contributed by atoms with van der Waals surface area (Å²) in [6, 6.07) is 4.54. The summed E-state index contributed by atoms with van der Waals surface area (Å²) < 4.78 is 4.61. The number of amides is 4. The molecule has 0 saturated heterocycles. The van der Waals surface area contributed by atoms with Crippen LogP contribution in [0.15, 0.2) is 18.2 Å². The highest BCUT2D eigenvalue weighted by Gasteiger charge is 2.38. The Kier molecular flexibility index (Phi) is 5.00. The average Bonchev–Trinajstić information content (AvgIpc) is 2.49. The van der Waals surface area contributed by atoms with Crippen molar-refractivity contribution in [2.24, 2.45) is 0 Å². The van der Waals surface area contributed by atoms with E-state index in [0.717, 1.165) is 4.90 Å². The number of halogens is 1. The van der Waals surface area contributed by atoms with Gasteiger partial charge in [-0.05, 0) is 30.7 Å². The Morgan fingerprint density at radius 1 is 1.35 bits per heavy atom. The normalized spacial score (nSPS) is 16.8. The Hall–Kier alpha value is -2.41. The number of alkyl carbamates (subject to hydrolysis) is 1. The lowest BCUT2D eigenvalue weighted by Gasteiger charge is -2.29. The van der Waals surface area contributed by atoms with E-state index < -0.39 is 29.7 Å². The Bertz CT molecular complexity index is 688. The third-order valence-corrected chi connectivity index (χ3v) is 3.69. The maximum absolute atomic E-state index is 12.3. The molecule has 122 valence electrons. The van der Waals surface area contributed by atoms with Crippen molar-refractivity contribution in [2.75, 3.05) is 13.7 Å². The third-order valence-electron chi connectivity index (χ3n) is 3.46. The first-order valence-electron chi connectivity index (χ1n) is 6.93. The van der Waals surface area contributed by atoms with Gasteiger partial charge >= 0.3 is 6.09 Å². The summed E-state index contributed by atoms with van der Waals surface area (Å²) in [5.41, 5.74) is 0.690. The number of imide groups is 2. The number of likely N-dealkylation sites (N-methyl/N-ethyl adjacent to an activating group) is 1. The first kappa shape index (κ1) is 17.0. The minimum Gasteiger partial charge on any atom is -0.450 e. The minimum absolute atomic E-state index is 0.122. The van der Waals surface area contributed by atoms with Crippen LogP contribution in [0, 0.1) is 0 Å². The molecule has 1 aromatic rings. The highest BCUT2D eigenvalue weighted by atomic mass is 35.5. The van der Waals surface area contributed by atoms with Gasteiger partial charge in [0.05, 0.1) is 12.5 Å². The molecule has 1 aliphatic rings. The van der Waals surface area contributed by atoms with Crippen LogP contribution in [-0.4, -0.2) is 42.4 Å². The molecule has 1 aromatic carbocycles. The quantitative estimate of drug-likeness (QED) is 0.847. The van der Waals surface area contributed by atoms with Gasteiger partial charge in [0.15, 0.2) is 0 Å². The van der Waals surface area contributed by atoms with Gasteiger partial charge in [0.1, 0.15) is 0 Å². The van der Waals surface area contributed by atoms with E-state index in [2.05, 4.69) is 4.74 Å². The number of carbonyl (C=O) groups is 4. The highest BCUT2D eigenvalue weighted by Crippen LogP contribution is 2.33. The molecule has 0 aliphatic carbocycles. The molecule has 0 radical (unpaired) electrons. The maximum atomic E-state index is 12.3. The second-order valence-corrected chi connectivity index (χ2v) is 5.40. The molecule has 1 aliphatic heterocycles. The SMILES string of the molecule is CCOC(=O)NC(=O)CC1C(=O)N(C)C(=O)c2ccc(Cl)cc21. The molecule has 0 bridgehead atoms. The monoisotopic (exact) mass is 338 g/mol. The van der Waals surface area contributed by atoms with Crippen molar-refractivity contribution >= 4 is 35.4 Å². The predicted molar refractivity (Wildman–Crippen MR) is 81.1 cm³/mol. The lowest BCUT2D eigenvalue weighted by Crippen LogP contribution is -2.44. The van der Waals surface area contributed by atoms with Gasteiger partial charge in [-0.15, -0.1) is 0 Å². The van der Waals surface area contributed by atoms with Gasteiger partial charge in [0, 0.05) is 24.1 Å². The molecule has 0 fully saturated rings. The summed E-state index contributed by atoms with van der Waals surface area (Å²) in [6.45, 7) is 1.73. The number of hydrogen-bond donors (Lipinski definition) is 1. The van der Waals surface area contributed by atoms with Gasteiger partial charge in [-0.25, -0.2) is 4.79 Å². The van der Waals surface area contributed by atoms with E-state index in [-0.39, 0.29) is 13.0 Å². The zero-order valence-corrected chi connectivity index (χ0v) is 13.3. The Balaban J connectivity index is 2.27. The molecule has 1 heterocycles. The van der Waals surface area contributed by atoms with Crippen LogP contribution in [-0.2, 0) is 14.3 Å². The van der Waals surface area contributed by atoms with E-state index in [0.29, 0.717) is 16.1 Å². The lowest BCUT2D eigenvalue weighted by atomic mass is 9.86. The van der Waals surface area contributed by atoms with Gasteiger partial charge in [-0.3, -0.25) is 24.6 Å². The van der Waals surface area contributed by atoms with Crippen molar-refractivity contribution in [1.82, 2.24) is 10.2 Å². The van der Waals surface area contributed by atoms with Crippen molar-refractivity contribution < 1.29 is 23.9 Å². The van der Waals surface area contributed by atoms with Crippen molar-refractivity contribution in [1.29, 1.82) is 0 Å². The minimum atomic E-state index is -0.888. The van der Waals surface area contributed by atoms with Crippen molar-refractivity contribution in [3.8, 4) is 0 Å². The molecule has 1 N–H and O–H groups in total. The van der Waals surface area contributed by atoms with Crippen LogP contribution < -0.4 is 5.32 Å². The number of nitrogens with zero attached hydrogens (tertiary/aromatic N) is 1. The maximum Gasteiger partial charge on any atom is 0.413 e. The van der Waals surface area contributed by atoms with Crippen LogP contribution in [0.3, 0.4) is 0 Å². The molecule has 4 amide bonds. The first-order valence-corrected chi connectivity index (χ1v) is 7.30. The Morgan fingerprint density at radius 3 is 2.70 bits per heavy atom. The van der Waals surface area contributed by atoms with Gasteiger partial charge in [0.25, 0.3) is 5.91 Å². The number of ether oxygens (including phenoxy) is 1. The fraction of sp³-hybridized carbons (Fsp3) is 0.333. The van der Waals surface area contributed by atoms with Crippen LogP contribution in [0.5, 0.6) is 0 Å². The van der Waals surface area contributed by atoms with Crippen LogP contribution in [0.25, 0.3) is 0 Å². The highest BCUT2D eigenvalue weighted by molar-refractivity contribution is 6.31. The van der Waals surface area contributed by atoms with E-state index in [1.807, 2.05) is 5.32 Å². The van der Waals surface area contributed by atoms with Crippen molar-refractivity contribution in [2.45, 2.75) is 19.3 Å². The third kappa shape index (κ3) is 3.50. The summed E-state index contributed by atoms with van der Waals surface area (Å²) in [6.07, 6.45) is -1.17. The molecule has 23 heavy (non-hydrogen) atoms. The lowest BCUT2D eigenvalue weighted by molar-refractivity contribution is -0.132. The topological polar surface area (TPSA) is 92.8 Å². The summed E-state index contributed by atoms with van der Waals surface area (Å²) >= 11 is 5.93. The predicted octanol–water partition coefficient (Wildman–Crippen LogP) is 1.70. The van der Waals surface area contributed by atoms with E-state index in [4.69, 9.17) is 11.6 Å². The van der Waals surface area contributed by atoms with E-state index in [1.54, 1.807) is 6.92 Å². The molecule has 0 spiro atoms. The molecule has 1 unspecified atom stereocenters. The number of benzene rings is 1. The molecule has 2 rings (SSSR count). The average molecular weight is 339 g/mol. The van der Waals surface area contributed by atoms with Crippen LogP contribution in [0.2, 0.25) is 5.02 Å². The molecular weight excluding hydrogens is 324 g/mol. The fourth-order valence-electron chi connectivity index (χ4n) is 2.38. The Labute approximate surface area is 137 Å². The standard InChI is InChI=1S/C15H15ClN2O5/c1-3-23-15(22)17-12(19)7-11-10-6-8(16)4-5-9(10)13(20)18(2)14(11)21/h4-6,11H,3,7H2,1-2H3,(H,17,19,22). The van der Waals surface area contributed by atoms with Gasteiger partial charge < -0.3 is 4.74 Å². The summed E-state index contributed by atoms with van der Waals surface area (Å²) in [7, 11) is 1.35. The number of fused-ring (bicyclic) bond motifs is 1. The number of carbonyl (C=O) groups excluding carboxylic acids is 4. The van der Waals surface area contributed by atoms with Gasteiger partial charge in [0.2, 0.25) is 11.8 Å². The fourth-order valence-corrected chi connectivity index (χ4v) is 2.56. The largest absolute Gasteiger partial charge is 0.450 e. The van der Waals surface area contributed by atoms with Crippen LogP contribution >= 0.6 is 11.6 Å². The first-order chi connectivity index (χ1) is 10.8. The molecule has 0 saturated carbocycles. The molecular formula is C15H15ClN2O5. The smallest absolute Gasteiger partial charge is 0.413 e. The second-order valence-electron chi connectivity index (χ2n) is 4.96. The number of hydrogen-bond acceptors (Lipinski definition) is 5. The van der Waals surface area contributed by atoms with Crippen LogP contribution in [0.4, 0.5) is 4.79 Å². The summed E-state index contributed by atoms with van der Waals surface area (Å²) in [5.74, 6) is -2.54. The van der Waals surface area contributed by atoms with Gasteiger partial charge in [-0.1, -0.05) is 11.6 Å². The zero-order chi connectivity index (χ0) is 17.1. The van der Waals surface area contributed by atoms with Crippen molar-refractivity contribution in [3.63, 3.8) is 0 Å².